The van der Waals surface area contributed by atoms with E-state index in [2.05, 4.69) is 119 Å². The van der Waals surface area contributed by atoms with Gasteiger partial charge in [-0.15, -0.1) is 0 Å². The molecule has 4 aliphatic heterocycles. The molecule has 7 N–H and O–H groups in total. The highest BCUT2D eigenvalue weighted by Gasteiger charge is 2.24. The number of piperazine rings is 1. The molecule has 4 aliphatic rings. The van der Waals surface area contributed by atoms with Gasteiger partial charge in [0.15, 0.2) is 0 Å². The number of piperidine rings is 2. The molecule has 0 saturated carbocycles. The third-order valence-corrected chi connectivity index (χ3v) is 20.4. The molecule has 100 heavy (non-hydrogen) atoms. The molecule has 0 atom stereocenters. The van der Waals surface area contributed by atoms with Gasteiger partial charge in [0.2, 0.25) is 0 Å². The van der Waals surface area contributed by atoms with Crippen molar-refractivity contribution in [2.45, 2.75) is 105 Å². The molecule has 0 bridgehead atoms. The molecular formula is C81H95ClFN11O6. The van der Waals surface area contributed by atoms with Crippen LogP contribution in [0.15, 0.2) is 176 Å². The van der Waals surface area contributed by atoms with Crippen LogP contribution in [0.2, 0.25) is 5.02 Å². The summed E-state index contributed by atoms with van der Waals surface area (Å²) >= 11 is 5.97. The fourth-order valence-electron chi connectivity index (χ4n) is 14.5. The summed E-state index contributed by atoms with van der Waals surface area (Å²) in [5, 5.41) is 15.9. The number of fused-ring (bicyclic) bond motifs is 5. The van der Waals surface area contributed by atoms with Crippen molar-refractivity contribution in [2.24, 2.45) is 0 Å². The molecule has 4 saturated heterocycles. The van der Waals surface area contributed by atoms with Crippen LogP contribution in [0, 0.1) is 19.7 Å². The number of benzene rings is 6. The molecule has 0 amide bonds. The van der Waals surface area contributed by atoms with Gasteiger partial charge >= 0.3 is 0 Å². The number of morpholine rings is 1. The number of halogens is 2. The number of nitrogens with one attached hydrogen (secondary N) is 7. The van der Waals surface area contributed by atoms with Crippen LogP contribution in [0.3, 0.4) is 0 Å². The van der Waals surface area contributed by atoms with Gasteiger partial charge in [-0.3, -0.25) is 38.7 Å². The largest absolute Gasteiger partial charge is 0.379 e. The van der Waals surface area contributed by atoms with Gasteiger partial charge in [0.05, 0.1) is 18.6 Å². The van der Waals surface area contributed by atoms with Crippen molar-refractivity contribution in [3.8, 4) is 0 Å². The predicted octanol–water partition coefficient (Wildman–Crippen LogP) is 13.1. The maximum absolute atomic E-state index is 13.2. The zero-order chi connectivity index (χ0) is 70.2. The lowest BCUT2D eigenvalue weighted by molar-refractivity contribution is 0.0342. The number of hydrogen-bond donors (Lipinski definition) is 7. The molecule has 11 aromatic rings. The quantitative estimate of drug-likeness (QED) is 0.0609. The standard InChI is InChI=1S/C23H27N3O.C15H18N2O2.C15H20N2O.C14H15ClN2O.C14H15FN2O/c1-17(2)22-21(19-10-6-7-11-20(19)23(27)24-22)16-25-12-14-26(15-13-25)18-8-4-3-5-9-18;1-11-14(10-17-6-8-19-9-7-17)12-4-2-3-5-13(12)15(18)16-11;1-4-17(5-2)10-14-11(3)16-15(18)13-9-7-6-8-12(13)14;2*15-10-1-2-11-12(7-10)14(18)17-8-13(11)9-3-5-16-6-4-9/h3-11,17H,12-16H2,1-2H3,(H,24,27);2-5H,6-10H2,1H3,(H,16,18);6-9H,4-5,10H2,1-3H3,(H,16,18);2*1-2,7-9,16H,3-6H2,(H,17,18). The lowest BCUT2D eigenvalue weighted by Crippen LogP contribution is -2.46. The normalized spacial score (nSPS) is 15.6. The van der Waals surface area contributed by atoms with Crippen LogP contribution in [0.4, 0.5) is 10.1 Å². The van der Waals surface area contributed by atoms with Crippen LogP contribution in [0.25, 0.3) is 53.9 Å². The van der Waals surface area contributed by atoms with Crippen LogP contribution in [0.5, 0.6) is 0 Å². The first-order valence-electron chi connectivity index (χ1n) is 35.5. The second-order valence-corrected chi connectivity index (χ2v) is 27.2. The first-order chi connectivity index (χ1) is 48.6. The molecule has 0 unspecified atom stereocenters. The predicted molar refractivity (Wildman–Crippen MR) is 408 cm³/mol. The number of nitrogens with zero attached hydrogens (tertiary/aromatic N) is 4. The summed E-state index contributed by atoms with van der Waals surface area (Å²) in [5.41, 5.74) is 10.2. The highest BCUT2D eigenvalue weighted by molar-refractivity contribution is 6.31. The van der Waals surface area contributed by atoms with E-state index in [-0.39, 0.29) is 33.6 Å². The Morgan fingerprint density at radius 3 is 1.45 bits per heavy atom. The number of aromatic nitrogens is 5. The Morgan fingerprint density at radius 2 is 0.930 bits per heavy atom. The average molecular weight is 1370 g/mol. The molecule has 4 fully saturated rings. The Kier molecular flexibility index (Phi) is 25.0. The van der Waals surface area contributed by atoms with Gasteiger partial charge in [0.25, 0.3) is 27.8 Å². The first kappa shape index (κ1) is 72.4. The Balaban J connectivity index is 0.000000127. The van der Waals surface area contributed by atoms with Crippen LogP contribution in [-0.2, 0) is 24.4 Å². The number of pyridine rings is 5. The van der Waals surface area contributed by atoms with Gasteiger partial charge in [0, 0.05) is 121 Å². The smallest absolute Gasteiger partial charge is 0.256 e. The first-order valence-corrected chi connectivity index (χ1v) is 35.9. The number of para-hydroxylation sites is 1. The van der Waals surface area contributed by atoms with Crippen molar-refractivity contribution in [1.29, 1.82) is 0 Å². The average Bonchev–Trinajstić information content (AvgIpc) is 0.823. The van der Waals surface area contributed by atoms with E-state index in [1.54, 1.807) is 18.3 Å². The fourth-order valence-corrected chi connectivity index (χ4v) is 14.6. The van der Waals surface area contributed by atoms with Crippen molar-refractivity contribution in [3.05, 3.63) is 259 Å². The summed E-state index contributed by atoms with van der Waals surface area (Å²) in [6.07, 6.45) is 8.00. The van der Waals surface area contributed by atoms with E-state index in [1.807, 2.05) is 98.9 Å². The molecule has 6 aromatic carbocycles. The SMILES string of the molecule is CC(C)c1[nH]c(=O)c2ccccc2c1CN1CCN(c2ccccc2)CC1.CCN(CC)Cc1c(C)[nH]c(=O)c2ccccc12.Cc1[nH]c(=O)c2ccccc2c1CN1CCOCC1.O=c1[nH]cc(C2CCNCC2)c2ccc(Cl)cc12.O=c1[nH]cc(C2CCNCC2)c2ccc(F)cc12. The van der Waals surface area contributed by atoms with Gasteiger partial charge in [-0.2, -0.15) is 0 Å². The second-order valence-electron chi connectivity index (χ2n) is 26.8. The topological polar surface area (TPSA) is 211 Å². The molecule has 15 rings (SSSR count). The van der Waals surface area contributed by atoms with E-state index in [9.17, 15) is 28.4 Å². The second kappa shape index (κ2) is 34.5. The third kappa shape index (κ3) is 17.6. The molecule has 5 aromatic heterocycles. The highest BCUT2D eigenvalue weighted by Crippen LogP contribution is 2.33. The minimum absolute atomic E-state index is 0.00109. The van der Waals surface area contributed by atoms with Gasteiger partial charge in [-0.25, -0.2) is 4.39 Å². The minimum Gasteiger partial charge on any atom is -0.379 e. The van der Waals surface area contributed by atoms with Crippen LogP contribution < -0.4 is 43.3 Å². The number of ether oxygens (including phenoxy) is 1. The molecule has 17 nitrogen and oxygen atoms in total. The molecule has 0 spiro atoms. The van der Waals surface area contributed by atoms with Crippen molar-refractivity contribution < 1.29 is 9.13 Å². The van der Waals surface area contributed by atoms with Crippen molar-refractivity contribution in [3.63, 3.8) is 0 Å². The van der Waals surface area contributed by atoms with Crippen molar-refractivity contribution >= 4 is 71.2 Å². The van der Waals surface area contributed by atoms with Crippen LogP contribution in [-0.4, -0.2) is 131 Å². The van der Waals surface area contributed by atoms with Crippen LogP contribution >= 0.6 is 11.6 Å². The summed E-state index contributed by atoms with van der Waals surface area (Å²) in [5.74, 6) is 0.890. The number of aromatic amines is 5. The summed E-state index contributed by atoms with van der Waals surface area (Å²) in [6.45, 7) is 28.9. The third-order valence-electron chi connectivity index (χ3n) is 20.1. The van der Waals surface area contributed by atoms with Gasteiger partial charge < -0.3 is 45.2 Å². The maximum atomic E-state index is 13.2. The molecular weight excluding hydrogens is 1280 g/mol. The Labute approximate surface area is 588 Å². The zero-order valence-electron chi connectivity index (χ0n) is 58.5. The Morgan fingerprint density at radius 1 is 0.490 bits per heavy atom. The Hall–Kier alpha value is -8.85. The monoisotopic (exact) mass is 1370 g/mol. The number of hydrogen-bond acceptors (Lipinski definition) is 12. The molecule has 0 aliphatic carbocycles. The van der Waals surface area contributed by atoms with E-state index in [4.69, 9.17) is 16.3 Å². The Bertz CT molecular complexity index is 4770. The number of rotatable bonds is 12. The minimum atomic E-state index is -0.365. The lowest BCUT2D eigenvalue weighted by Gasteiger charge is -2.36. The molecule has 9 heterocycles. The summed E-state index contributed by atoms with van der Waals surface area (Å²) in [4.78, 5) is 84.2. The van der Waals surface area contributed by atoms with E-state index < -0.39 is 0 Å². The summed E-state index contributed by atoms with van der Waals surface area (Å²) in [6, 6.07) is 44.3. The molecule has 524 valence electrons. The summed E-state index contributed by atoms with van der Waals surface area (Å²) < 4.78 is 18.6. The maximum Gasteiger partial charge on any atom is 0.256 e. The number of aryl methyl sites for hydroxylation is 2. The van der Waals surface area contributed by atoms with Gasteiger partial charge in [-0.1, -0.05) is 124 Å². The van der Waals surface area contributed by atoms with E-state index in [0.717, 1.165) is 203 Å². The number of H-pyrrole nitrogens is 5. The van der Waals surface area contributed by atoms with E-state index in [1.165, 1.54) is 40.1 Å². The van der Waals surface area contributed by atoms with E-state index in [0.29, 0.717) is 33.5 Å². The molecule has 0 radical (unpaired) electrons. The van der Waals surface area contributed by atoms with Crippen molar-refractivity contribution in [1.82, 2.24) is 50.3 Å². The number of anilines is 1. The van der Waals surface area contributed by atoms with Crippen molar-refractivity contribution in [2.75, 3.05) is 96.7 Å². The lowest BCUT2D eigenvalue weighted by atomic mass is 9.88. The van der Waals surface area contributed by atoms with Gasteiger partial charge in [-0.05, 0) is 206 Å². The van der Waals surface area contributed by atoms with Gasteiger partial charge in [0.1, 0.15) is 5.82 Å². The highest BCUT2D eigenvalue weighted by atomic mass is 35.5. The van der Waals surface area contributed by atoms with E-state index >= 15 is 0 Å². The van der Waals surface area contributed by atoms with Crippen LogP contribution in [0.1, 0.15) is 116 Å². The summed E-state index contributed by atoms with van der Waals surface area (Å²) in [7, 11) is 0. The fraction of sp³-hybridized carbons (Fsp3) is 0.370. The zero-order valence-corrected chi connectivity index (χ0v) is 59.3. The molecule has 19 heteroatoms.